The molecule has 4 aromatic heterocycles. The Hall–Kier alpha value is -6.56. The van der Waals surface area contributed by atoms with Gasteiger partial charge in [-0.15, -0.1) is 0 Å². The molecule has 9 heterocycles. The summed E-state index contributed by atoms with van der Waals surface area (Å²) in [4.78, 5) is 22.3. The topological polar surface area (TPSA) is 84.7 Å². The van der Waals surface area contributed by atoms with Crippen LogP contribution in [0, 0.1) is 55.4 Å². The molecule has 0 atom stereocenters. The van der Waals surface area contributed by atoms with Crippen LogP contribution in [0.2, 0.25) is 0 Å². The van der Waals surface area contributed by atoms with Crippen molar-refractivity contribution in [1.82, 2.24) is 18.3 Å². The summed E-state index contributed by atoms with van der Waals surface area (Å²) >= 11 is 0. The van der Waals surface area contributed by atoms with Crippen molar-refractivity contribution in [3.8, 4) is 0 Å². The highest BCUT2D eigenvalue weighted by Crippen LogP contribution is 2.38. The summed E-state index contributed by atoms with van der Waals surface area (Å²) < 4.78 is 18.1. The lowest BCUT2D eigenvalue weighted by Crippen LogP contribution is -2.36. The van der Waals surface area contributed by atoms with E-state index in [1.54, 1.807) is 0 Å². The molecule has 12 nitrogen and oxygen atoms in total. The van der Waals surface area contributed by atoms with Gasteiger partial charge >= 0.3 is 0 Å². The zero-order valence-corrected chi connectivity index (χ0v) is 38.0. The fourth-order valence-corrected chi connectivity index (χ4v) is 9.46. The van der Waals surface area contributed by atoms with Gasteiger partial charge in [-0.25, -0.2) is 56.5 Å². The molecular weight excluding hydrogens is 745 g/mol. The highest BCUT2D eigenvalue weighted by atomic mass is 15.2. The van der Waals surface area contributed by atoms with Crippen LogP contribution in [0.5, 0.6) is 0 Å². The van der Waals surface area contributed by atoms with Gasteiger partial charge in [-0.1, -0.05) is 0 Å². The predicted octanol–water partition coefficient (Wildman–Crippen LogP) is 4.81. The average Bonchev–Trinajstić information content (AvgIpc) is 4.13. The second kappa shape index (κ2) is 13.5. The summed E-state index contributed by atoms with van der Waals surface area (Å²) in [6, 6.07) is 0. The van der Waals surface area contributed by atoms with Crippen LogP contribution in [0.25, 0.3) is 22.3 Å². The quantitative estimate of drug-likeness (QED) is 0.266. The molecule has 0 aliphatic carbocycles. The molecule has 0 radical (unpaired) electrons. The number of hydrogen-bond donors (Lipinski definition) is 0. The third-order valence-electron chi connectivity index (χ3n) is 14.2. The molecule has 5 aliphatic rings. The van der Waals surface area contributed by atoms with Crippen LogP contribution in [0.15, 0.2) is 91.4 Å². The van der Waals surface area contributed by atoms with E-state index >= 15 is 0 Å². The van der Waals surface area contributed by atoms with Crippen molar-refractivity contribution in [3.63, 3.8) is 0 Å². The van der Waals surface area contributed by atoms with E-state index < -0.39 is 0 Å². The highest BCUT2D eigenvalue weighted by molar-refractivity contribution is 6.38. The Labute approximate surface area is 352 Å². The van der Waals surface area contributed by atoms with E-state index in [4.69, 9.17) is 20.0 Å². The molecule has 0 aromatic carbocycles. The maximum Gasteiger partial charge on any atom is 0.293 e. The molecule has 0 saturated heterocycles. The SMILES string of the molecule is Cc1c(C)[n+](C)c(C2=C3C=CC(=N3)C(c3n(C)c(C)c(C)[n+]3C)=C3C=CC(=N3)C(c3n(C)c(C)c(C)[n+]3C)=C3C=CC(=N3)C(c3n(C)c(C)c(C)[n+]3C)=C3C=CC2=N3)n1C. The van der Waals surface area contributed by atoms with Crippen molar-refractivity contribution >= 4 is 45.1 Å². The van der Waals surface area contributed by atoms with Gasteiger partial charge in [0, 0.05) is 55.4 Å². The number of aliphatic imine (C=N–C) groups is 4. The van der Waals surface area contributed by atoms with Crippen LogP contribution < -0.4 is 18.3 Å². The molecule has 304 valence electrons. The molecule has 0 unspecified atom stereocenters. The fraction of sp³-hybridized carbons (Fsp3) is 0.333. The zero-order valence-electron chi connectivity index (χ0n) is 38.0. The number of rotatable bonds is 4. The summed E-state index contributed by atoms with van der Waals surface area (Å²) in [5.41, 5.74) is 20.0. The number of allylic oxidation sites excluding steroid dienone is 12. The lowest BCUT2D eigenvalue weighted by Gasteiger charge is -2.10. The van der Waals surface area contributed by atoms with Gasteiger partial charge in [0.1, 0.15) is 67.8 Å². The van der Waals surface area contributed by atoms with Crippen LogP contribution in [-0.4, -0.2) is 41.1 Å². The summed E-state index contributed by atoms with van der Waals surface area (Å²) in [7, 11) is 17.0. The van der Waals surface area contributed by atoms with Gasteiger partial charge < -0.3 is 0 Å². The Morgan fingerprint density at radius 2 is 0.500 bits per heavy atom. The molecular formula is C48H56N12+4. The van der Waals surface area contributed by atoms with Gasteiger partial charge in [-0.05, 0) is 48.6 Å². The normalized spacial score (nSPS) is 17.2. The highest BCUT2D eigenvalue weighted by Gasteiger charge is 2.39. The standard InChI is InChI=1S/C48H56N12/c1-25-26(2)54(10)45(53(25)9)41-33-17-19-35(49-33)42(46-55(11)27(3)28(4)56(46)12)37-21-23-39(51-37)44(48-59(15)31(7)32(8)60(48)16)40-24-22-38(52-40)43(36-20-18-34(41)50-36)47-57(13)29(5)30(6)58(47)14/h17-24H,1-16H3/q+4. The van der Waals surface area contributed by atoms with E-state index in [-0.39, 0.29) is 0 Å². The number of fused-ring (bicyclic) bond motifs is 4. The van der Waals surface area contributed by atoms with Crippen molar-refractivity contribution in [3.05, 3.63) is 140 Å². The summed E-state index contributed by atoms with van der Waals surface area (Å²) in [6.45, 7) is 17.3. The summed E-state index contributed by atoms with van der Waals surface area (Å²) in [6.07, 6.45) is 17.2. The van der Waals surface area contributed by atoms with Gasteiger partial charge in [0.05, 0.1) is 102 Å². The monoisotopic (exact) mass is 800 g/mol. The maximum atomic E-state index is 5.57. The summed E-state index contributed by atoms with van der Waals surface area (Å²) in [5.74, 6) is 4.11. The second-order valence-corrected chi connectivity index (χ2v) is 16.8. The van der Waals surface area contributed by atoms with Crippen molar-refractivity contribution in [2.75, 3.05) is 0 Å². The smallest absolute Gasteiger partial charge is 0.247 e. The van der Waals surface area contributed by atoms with E-state index in [0.29, 0.717) is 0 Å². The van der Waals surface area contributed by atoms with Gasteiger partial charge in [0.15, 0.2) is 0 Å². The van der Waals surface area contributed by atoms with Gasteiger partial charge in [-0.3, -0.25) is 0 Å². The molecule has 0 saturated carbocycles. The first-order chi connectivity index (χ1) is 28.4. The van der Waals surface area contributed by atoms with Gasteiger partial charge in [0.2, 0.25) is 0 Å². The van der Waals surface area contributed by atoms with Crippen molar-refractivity contribution in [2.24, 2.45) is 76.4 Å². The second-order valence-electron chi connectivity index (χ2n) is 16.8. The fourth-order valence-electron chi connectivity index (χ4n) is 9.46. The molecule has 4 aromatic rings. The van der Waals surface area contributed by atoms with E-state index in [1.165, 1.54) is 45.6 Å². The Morgan fingerprint density at radius 1 is 0.317 bits per heavy atom. The maximum absolute atomic E-state index is 5.57. The van der Waals surface area contributed by atoms with Crippen LogP contribution in [0.1, 0.15) is 68.8 Å². The molecule has 0 amide bonds. The van der Waals surface area contributed by atoms with Crippen LogP contribution in [0.3, 0.4) is 0 Å². The van der Waals surface area contributed by atoms with E-state index in [9.17, 15) is 0 Å². The lowest BCUT2D eigenvalue weighted by atomic mass is 10.1. The number of imidazole rings is 4. The van der Waals surface area contributed by atoms with E-state index in [2.05, 4.69) is 197 Å². The Bertz CT molecular complexity index is 2590. The minimum Gasteiger partial charge on any atom is -0.247 e. The lowest BCUT2D eigenvalue weighted by molar-refractivity contribution is -0.679. The predicted molar refractivity (Wildman–Crippen MR) is 238 cm³/mol. The van der Waals surface area contributed by atoms with E-state index in [1.807, 2.05) is 0 Å². The molecule has 0 N–H and O–H groups in total. The Balaban J connectivity index is 1.46. The first-order valence-electron chi connectivity index (χ1n) is 20.6. The van der Waals surface area contributed by atoms with Crippen LogP contribution in [-0.2, 0) is 56.4 Å². The van der Waals surface area contributed by atoms with Crippen molar-refractivity contribution in [1.29, 1.82) is 0 Å². The Kier molecular flexibility index (Phi) is 8.75. The number of aromatic nitrogens is 8. The first-order valence-corrected chi connectivity index (χ1v) is 20.6. The summed E-state index contributed by atoms with van der Waals surface area (Å²) in [5, 5.41) is 0. The minimum atomic E-state index is 0.841. The molecule has 5 aliphatic heterocycles. The molecule has 8 bridgehead atoms. The first kappa shape index (κ1) is 38.9. The van der Waals surface area contributed by atoms with E-state index in [0.717, 1.165) is 91.2 Å². The third kappa shape index (κ3) is 5.28. The largest absolute Gasteiger partial charge is 0.293 e. The van der Waals surface area contributed by atoms with Crippen LogP contribution >= 0.6 is 0 Å². The molecule has 9 rings (SSSR count). The van der Waals surface area contributed by atoms with Crippen molar-refractivity contribution in [2.45, 2.75) is 55.4 Å². The van der Waals surface area contributed by atoms with Crippen molar-refractivity contribution < 1.29 is 18.3 Å². The number of hydrogen-bond acceptors (Lipinski definition) is 4. The Morgan fingerprint density at radius 3 is 0.650 bits per heavy atom. The third-order valence-corrected chi connectivity index (χ3v) is 14.2. The molecule has 60 heavy (non-hydrogen) atoms. The number of nitrogens with zero attached hydrogens (tertiary/aromatic N) is 12. The zero-order chi connectivity index (χ0) is 43.0. The molecule has 12 heteroatoms. The minimum absolute atomic E-state index is 0.841. The van der Waals surface area contributed by atoms with Gasteiger partial charge in [0.25, 0.3) is 23.3 Å². The van der Waals surface area contributed by atoms with Crippen LogP contribution in [0.4, 0.5) is 0 Å². The molecule has 0 spiro atoms. The average molecular weight is 801 g/mol. The molecule has 0 fully saturated rings. The van der Waals surface area contributed by atoms with Gasteiger partial charge in [-0.2, -0.15) is 0 Å².